The Bertz CT molecular complexity index is 307. The molecular weight excluding hydrogens is 214 g/mol. The second kappa shape index (κ2) is 4.37. The summed E-state index contributed by atoms with van der Waals surface area (Å²) in [6.07, 6.45) is 3.14. The van der Waals surface area contributed by atoms with Crippen molar-refractivity contribution in [3.8, 4) is 0 Å². The molecule has 0 aromatic heterocycles. The Kier molecular flexibility index (Phi) is 3.76. The Morgan fingerprint density at radius 3 is 2.33 bits per heavy atom. The molecule has 1 aliphatic carbocycles. The molecule has 0 radical (unpaired) electrons. The van der Waals surface area contributed by atoms with Crippen LogP contribution in [0.4, 0.5) is 0 Å². The molecule has 0 atom stereocenters. The van der Waals surface area contributed by atoms with E-state index < -0.39 is 15.6 Å². The van der Waals surface area contributed by atoms with E-state index in [0.29, 0.717) is 18.6 Å². The van der Waals surface area contributed by atoms with Gasteiger partial charge in [0.15, 0.2) is 0 Å². The first-order valence-corrected chi connectivity index (χ1v) is 7.05. The normalized spacial score (nSPS) is 27.5. The van der Waals surface area contributed by atoms with Crippen LogP contribution in [0.25, 0.3) is 0 Å². The minimum atomic E-state index is -3.14. The molecule has 15 heavy (non-hydrogen) atoms. The van der Waals surface area contributed by atoms with Gasteiger partial charge in [-0.1, -0.05) is 0 Å². The molecule has 0 spiro atoms. The third-order valence-electron chi connectivity index (χ3n) is 2.47. The number of hydrogen-bond donors (Lipinski definition) is 3. The molecule has 5 nitrogen and oxygen atoms in total. The average Bonchev–Trinajstić information content (AvgIpc) is 1.90. The van der Waals surface area contributed by atoms with Gasteiger partial charge in [0.2, 0.25) is 10.0 Å². The fraction of sp³-hybridized carbons (Fsp3) is 1.00. The van der Waals surface area contributed by atoms with E-state index in [-0.39, 0.29) is 0 Å². The Balaban J connectivity index is 2.30. The number of rotatable bonds is 5. The Morgan fingerprint density at radius 2 is 1.93 bits per heavy atom. The quantitative estimate of drug-likeness (QED) is 0.594. The molecule has 4 N–H and O–H groups in total. The lowest BCUT2D eigenvalue weighted by atomic mass is 9.87. The molecule has 0 unspecified atom stereocenters. The van der Waals surface area contributed by atoms with E-state index >= 15 is 0 Å². The van der Waals surface area contributed by atoms with E-state index in [1.807, 2.05) is 13.8 Å². The maximum absolute atomic E-state index is 11.1. The Morgan fingerprint density at radius 1 is 1.40 bits per heavy atom. The summed E-state index contributed by atoms with van der Waals surface area (Å²) in [6.45, 7) is 4.34. The van der Waals surface area contributed by atoms with Crippen LogP contribution in [0.15, 0.2) is 0 Å². The molecule has 90 valence electrons. The first-order valence-electron chi connectivity index (χ1n) is 5.16. The van der Waals surface area contributed by atoms with Crippen LogP contribution in [-0.2, 0) is 10.0 Å². The SMILES string of the molecule is CC(C)(CNC1CC(N)C1)NS(C)(=O)=O. The van der Waals surface area contributed by atoms with Crippen molar-refractivity contribution >= 4 is 10.0 Å². The first-order chi connectivity index (χ1) is 6.68. The lowest BCUT2D eigenvalue weighted by Crippen LogP contribution is -2.56. The molecular formula is C9H21N3O2S. The summed E-state index contributed by atoms with van der Waals surface area (Å²) >= 11 is 0. The summed E-state index contributed by atoms with van der Waals surface area (Å²) < 4.78 is 24.7. The fourth-order valence-corrected chi connectivity index (χ4v) is 2.84. The van der Waals surface area contributed by atoms with Gasteiger partial charge in [0, 0.05) is 24.2 Å². The molecule has 0 bridgehead atoms. The monoisotopic (exact) mass is 235 g/mol. The highest BCUT2D eigenvalue weighted by atomic mass is 32.2. The second-order valence-corrected chi connectivity index (χ2v) is 6.82. The van der Waals surface area contributed by atoms with Crippen LogP contribution in [0, 0.1) is 0 Å². The topological polar surface area (TPSA) is 84.2 Å². The van der Waals surface area contributed by atoms with Crippen molar-refractivity contribution in [1.82, 2.24) is 10.0 Å². The first kappa shape index (κ1) is 12.9. The molecule has 0 aliphatic heterocycles. The molecule has 0 aromatic rings. The van der Waals surface area contributed by atoms with Gasteiger partial charge in [-0.3, -0.25) is 0 Å². The van der Waals surface area contributed by atoms with Gasteiger partial charge < -0.3 is 11.1 Å². The standard InChI is InChI=1S/C9H21N3O2S/c1-9(2,12-15(3,13)14)6-11-8-4-7(10)5-8/h7-8,11-12H,4-6,10H2,1-3H3. The molecule has 0 amide bonds. The lowest BCUT2D eigenvalue weighted by molar-refractivity contribution is 0.269. The van der Waals surface area contributed by atoms with Crippen molar-refractivity contribution in [2.24, 2.45) is 5.73 Å². The number of nitrogens with one attached hydrogen (secondary N) is 2. The van der Waals surface area contributed by atoms with Gasteiger partial charge in [0.25, 0.3) is 0 Å². The van der Waals surface area contributed by atoms with E-state index in [2.05, 4.69) is 10.0 Å². The third-order valence-corrected chi connectivity index (χ3v) is 3.39. The van der Waals surface area contributed by atoms with Crippen LogP contribution in [-0.4, -0.2) is 38.8 Å². The molecule has 1 rings (SSSR count). The summed E-state index contributed by atoms with van der Waals surface area (Å²) in [5, 5.41) is 3.31. The van der Waals surface area contributed by atoms with Crippen LogP contribution < -0.4 is 15.8 Å². The number of hydrogen-bond acceptors (Lipinski definition) is 4. The summed E-state index contributed by atoms with van der Waals surface area (Å²) in [5.74, 6) is 0. The zero-order valence-corrected chi connectivity index (χ0v) is 10.4. The van der Waals surface area contributed by atoms with Crippen molar-refractivity contribution in [3.63, 3.8) is 0 Å². The van der Waals surface area contributed by atoms with Gasteiger partial charge in [-0.05, 0) is 26.7 Å². The lowest BCUT2D eigenvalue weighted by Gasteiger charge is -2.36. The molecule has 0 heterocycles. The molecule has 1 fully saturated rings. The van der Waals surface area contributed by atoms with Crippen molar-refractivity contribution in [3.05, 3.63) is 0 Å². The van der Waals surface area contributed by atoms with E-state index in [1.54, 1.807) is 0 Å². The van der Waals surface area contributed by atoms with Gasteiger partial charge in [0.1, 0.15) is 0 Å². The van der Waals surface area contributed by atoms with Crippen LogP contribution in [0.1, 0.15) is 26.7 Å². The van der Waals surface area contributed by atoms with E-state index in [0.717, 1.165) is 12.8 Å². The highest BCUT2D eigenvalue weighted by Gasteiger charge is 2.28. The van der Waals surface area contributed by atoms with E-state index in [1.165, 1.54) is 6.26 Å². The predicted molar refractivity (Wildman–Crippen MR) is 61.1 cm³/mol. The van der Waals surface area contributed by atoms with Crippen molar-refractivity contribution in [1.29, 1.82) is 0 Å². The molecule has 0 saturated heterocycles. The third kappa shape index (κ3) is 4.92. The highest BCUT2D eigenvalue weighted by Crippen LogP contribution is 2.17. The van der Waals surface area contributed by atoms with Crippen LogP contribution in [0.5, 0.6) is 0 Å². The van der Waals surface area contributed by atoms with E-state index in [9.17, 15) is 8.42 Å². The van der Waals surface area contributed by atoms with Gasteiger partial charge in [-0.2, -0.15) is 0 Å². The molecule has 1 saturated carbocycles. The zero-order valence-electron chi connectivity index (χ0n) is 9.58. The van der Waals surface area contributed by atoms with Crippen LogP contribution in [0.2, 0.25) is 0 Å². The summed E-state index contributed by atoms with van der Waals surface area (Å²) in [4.78, 5) is 0. The smallest absolute Gasteiger partial charge is 0.209 e. The maximum atomic E-state index is 11.1. The molecule has 0 aromatic carbocycles. The minimum absolute atomic E-state index is 0.313. The van der Waals surface area contributed by atoms with Crippen molar-refractivity contribution < 1.29 is 8.42 Å². The Labute approximate surface area is 91.9 Å². The van der Waals surface area contributed by atoms with Crippen LogP contribution >= 0.6 is 0 Å². The average molecular weight is 235 g/mol. The summed E-state index contributed by atoms with van der Waals surface area (Å²) in [7, 11) is -3.14. The molecule has 1 aliphatic rings. The van der Waals surface area contributed by atoms with Crippen LogP contribution in [0.3, 0.4) is 0 Å². The summed E-state index contributed by atoms with van der Waals surface area (Å²) in [6, 6.07) is 0.758. The van der Waals surface area contributed by atoms with Gasteiger partial charge in [-0.25, -0.2) is 13.1 Å². The minimum Gasteiger partial charge on any atom is -0.328 e. The Hall–Kier alpha value is -0.170. The number of sulfonamides is 1. The predicted octanol–water partition coefficient (Wildman–Crippen LogP) is -0.606. The van der Waals surface area contributed by atoms with E-state index in [4.69, 9.17) is 5.73 Å². The highest BCUT2D eigenvalue weighted by molar-refractivity contribution is 7.88. The van der Waals surface area contributed by atoms with Crippen molar-refractivity contribution in [2.45, 2.75) is 44.3 Å². The van der Waals surface area contributed by atoms with Crippen molar-refractivity contribution in [2.75, 3.05) is 12.8 Å². The van der Waals surface area contributed by atoms with Gasteiger partial charge >= 0.3 is 0 Å². The number of nitrogens with two attached hydrogens (primary N) is 1. The second-order valence-electron chi connectivity index (χ2n) is 5.07. The maximum Gasteiger partial charge on any atom is 0.209 e. The van der Waals surface area contributed by atoms with Gasteiger partial charge in [0.05, 0.1) is 6.26 Å². The fourth-order valence-electron chi connectivity index (χ4n) is 1.77. The summed E-state index contributed by atoms with van der Waals surface area (Å²) in [5.41, 5.74) is 5.21. The largest absolute Gasteiger partial charge is 0.328 e. The zero-order chi connectivity index (χ0) is 11.7. The molecule has 6 heteroatoms. The van der Waals surface area contributed by atoms with Gasteiger partial charge in [-0.15, -0.1) is 0 Å².